The van der Waals surface area contributed by atoms with Gasteiger partial charge in [-0.1, -0.05) is 12.2 Å². The molecule has 0 saturated heterocycles. The summed E-state index contributed by atoms with van der Waals surface area (Å²) in [5.74, 6) is 1.30. The summed E-state index contributed by atoms with van der Waals surface area (Å²) in [6.45, 7) is 0.114. The molecule has 23 heavy (non-hydrogen) atoms. The van der Waals surface area contributed by atoms with E-state index in [0.29, 0.717) is 17.1 Å². The number of rotatable bonds is 5. The minimum absolute atomic E-state index is 0.0223. The number of benzene rings is 1. The maximum absolute atomic E-state index is 12.2. The first-order valence-corrected chi connectivity index (χ1v) is 7.52. The van der Waals surface area contributed by atoms with Crippen molar-refractivity contribution in [1.82, 2.24) is 10.3 Å². The maximum atomic E-state index is 12.2. The number of hydrogen-bond acceptors (Lipinski definition) is 4. The van der Waals surface area contributed by atoms with Gasteiger partial charge in [0.2, 0.25) is 0 Å². The molecule has 0 bridgehead atoms. The summed E-state index contributed by atoms with van der Waals surface area (Å²) in [5, 5.41) is 12.0. The van der Waals surface area contributed by atoms with Gasteiger partial charge in [-0.25, -0.2) is 0 Å². The number of amides is 1. The molecule has 0 radical (unpaired) electrons. The molecule has 5 heteroatoms. The molecule has 1 aromatic heterocycles. The fraction of sp³-hybridized carbons (Fsp3) is 0.222. The Morgan fingerprint density at radius 2 is 2.04 bits per heavy atom. The first-order chi connectivity index (χ1) is 11.2. The van der Waals surface area contributed by atoms with Gasteiger partial charge in [0, 0.05) is 30.3 Å². The second kappa shape index (κ2) is 7.07. The molecule has 1 aliphatic carbocycles. The Balaban J connectivity index is 1.58. The van der Waals surface area contributed by atoms with Crippen LogP contribution in [0.4, 0.5) is 0 Å². The monoisotopic (exact) mass is 310 g/mol. The van der Waals surface area contributed by atoms with Gasteiger partial charge in [-0.05, 0) is 42.8 Å². The number of nitrogens with one attached hydrogen (secondary N) is 1. The van der Waals surface area contributed by atoms with Crippen molar-refractivity contribution in [2.24, 2.45) is 5.92 Å². The number of carbonyl (C=O) groups is 1. The zero-order valence-corrected chi connectivity index (χ0v) is 12.6. The fourth-order valence-electron chi connectivity index (χ4n) is 2.49. The van der Waals surface area contributed by atoms with Crippen LogP contribution in [-0.2, 0) is 0 Å². The Morgan fingerprint density at radius 3 is 2.70 bits per heavy atom. The van der Waals surface area contributed by atoms with E-state index in [1.165, 1.54) is 0 Å². The Labute approximate surface area is 134 Å². The Kier molecular flexibility index (Phi) is 4.68. The van der Waals surface area contributed by atoms with Crippen LogP contribution in [0.1, 0.15) is 16.8 Å². The largest absolute Gasteiger partial charge is 0.456 e. The average molecular weight is 310 g/mol. The van der Waals surface area contributed by atoms with Crippen LogP contribution < -0.4 is 10.1 Å². The van der Waals surface area contributed by atoms with Crippen molar-refractivity contribution in [3.63, 3.8) is 0 Å². The van der Waals surface area contributed by atoms with Crippen LogP contribution >= 0.6 is 0 Å². The third-order valence-electron chi connectivity index (χ3n) is 3.71. The molecule has 1 amide bonds. The second-order valence-corrected chi connectivity index (χ2v) is 5.46. The molecule has 0 saturated carbocycles. The van der Waals surface area contributed by atoms with Crippen molar-refractivity contribution in [3.05, 3.63) is 66.5 Å². The third kappa shape index (κ3) is 3.96. The van der Waals surface area contributed by atoms with Gasteiger partial charge in [0.25, 0.3) is 5.91 Å². The highest BCUT2D eigenvalue weighted by Crippen LogP contribution is 2.21. The number of carbonyl (C=O) groups excluding carboxylic acids is 1. The van der Waals surface area contributed by atoms with Crippen molar-refractivity contribution in [2.75, 3.05) is 6.61 Å². The molecule has 0 unspecified atom stereocenters. The van der Waals surface area contributed by atoms with Gasteiger partial charge in [0.15, 0.2) is 0 Å². The summed E-state index contributed by atoms with van der Waals surface area (Å²) in [6.07, 6.45) is 7.92. The number of aliphatic hydroxyl groups excluding tert-OH is 1. The summed E-state index contributed by atoms with van der Waals surface area (Å²) >= 11 is 0. The zero-order valence-electron chi connectivity index (χ0n) is 12.6. The van der Waals surface area contributed by atoms with E-state index in [1.54, 1.807) is 42.7 Å². The van der Waals surface area contributed by atoms with E-state index < -0.39 is 0 Å². The number of nitrogens with zero attached hydrogens (tertiary/aromatic N) is 1. The van der Waals surface area contributed by atoms with E-state index in [0.717, 1.165) is 6.42 Å². The predicted molar refractivity (Wildman–Crippen MR) is 86.3 cm³/mol. The molecular weight excluding hydrogens is 292 g/mol. The summed E-state index contributed by atoms with van der Waals surface area (Å²) in [7, 11) is 0. The predicted octanol–water partition coefficient (Wildman–Crippen LogP) is 2.54. The lowest BCUT2D eigenvalue weighted by Crippen LogP contribution is -2.32. The average Bonchev–Trinajstić information content (AvgIpc) is 3.04. The molecule has 2 atom stereocenters. The van der Waals surface area contributed by atoms with Crippen LogP contribution in [0.5, 0.6) is 11.5 Å². The highest BCUT2D eigenvalue weighted by Gasteiger charge is 2.20. The van der Waals surface area contributed by atoms with Crippen molar-refractivity contribution in [3.8, 4) is 11.5 Å². The molecule has 0 aliphatic heterocycles. The number of aliphatic hydroxyl groups is 1. The smallest absolute Gasteiger partial charge is 0.251 e. The van der Waals surface area contributed by atoms with Gasteiger partial charge in [0.05, 0.1) is 6.20 Å². The SMILES string of the molecule is O=C(N[C@@H]1C=C[C@H](CO)C1)c1ccc(Oc2cccnc2)cc1. The Hall–Kier alpha value is -2.66. The Bertz CT molecular complexity index is 683. The topological polar surface area (TPSA) is 71.5 Å². The molecular formula is C18H18N2O3. The third-order valence-corrected chi connectivity index (χ3v) is 3.71. The first kappa shape index (κ1) is 15.2. The van der Waals surface area contributed by atoms with Crippen LogP contribution in [0.15, 0.2) is 60.9 Å². The van der Waals surface area contributed by atoms with E-state index in [1.807, 2.05) is 18.2 Å². The van der Waals surface area contributed by atoms with Crippen molar-refractivity contribution < 1.29 is 14.6 Å². The first-order valence-electron chi connectivity index (χ1n) is 7.52. The molecule has 0 fully saturated rings. The molecule has 1 aliphatic rings. The highest BCUT2D eigenvalue weighted by atomic mass is 16.5. The lowest BCUT2D eigenvalue weighted by molar-refractivity contribution is 0.0941. The number of pyridine rings is 1. The molecule has 118 valence electrons. The molecule has 0 spiro atoms. The number of hydrogen-bond donors (Lipinski definition) is 2. The van der Waals surface area contributed by atoms with Gasteiger partial charge in [0.1, 0.15) is 11.5 Å². The lowest BCUT2D eigenvalue weighted by atomic mass is 10.1. The van der Waals surface area contributed by atoms with Crippen molar-refractivity contribution in [2.45, 2.75) is 12.5 Å². The molecule has 1 heterocycles. The Morgan fingerprint density at radius 1 is 1.22 bits per heavy atom. The van der Waals surface area contributed by atoms with Gasteiger partial charge < -0.3 is 15.2 Å². The quantitative estimate of drug-likeness (QED) is 0.833. The highest BCUT2D eigenvalue weighted by molar-refractivity contribution is 5.94. The summed E-state index contributed by atoms with van der Waals surface area (Å²) in [4.78, 5) is 16.2. The van der Waals surface area contributed by atoms with Crippen LogP contribution in [0, 0.1) is 5.92 Å². The molecule has 3 rings (SSSR count). The van der Waals surface area contributed by atoms with Crippen LogP contribution in [0.2, 0.25) is 0 Å². The number of aromatic nitrogens is 1. The summed E-state index contributed by atoms with van der Waals surface area (Å²) in [5.41, 5.74) is 0.574. The van der Waals surface area contributed by atoms with E-state index in [2.05, 4.69) is 10.3 Å². The lowest BCUT2D eigenvalue weighted by Gasteiger charge is -2.13. The van der Waals surface area contributed by atoms with Crippen LogP contribution in [-0.4, -0.2) is 28.6 Å². The van der Waals surface area contributed by atoms with E-state index in [9.17, 15) is 4.79 Å². The van der Waals surface area contributed by atoms with Crippen molar-refractivity contribution >= 4 is 5.91 Å². The van der Waals surface area contributed by atoms with E-state index in [4.69, 9.17) is 9.84 Å². The minimum atomic E-state index is -0.133. The zero-order chi connectivity index (χ0) is 16.1. The van der Waals surface area contributed by atoms with Gasteiger partial charge in [-0.2, -0.15) is 0 Å². The molecule has 2 N–H and O–H groups in total. The van der Waals surface area contributed by atoms with E-state index >= 15 is 0 Å². The minimum Gasteiger partial charge on any atom is -0.456 e. The normalized spacial score (nSPS) is 19.5. The second-order valence-electron chi connectivity index (χ2n) is 5.46. The van der Waals surface area contributed by atoms with Crippen LogP contribution in [0.3, 0.4) is 0 Å². The van der Waals surface area contributed by atoms with Gasteiger partial charge in [-0.15, -0.1) is 0 Å². The molecule has 5 nitrogen and oxygen atoms in total. The molecule has 2 aromatic rings. The van der Waals surface area contributed by atoms with Gasteiger partial charge >= 0.3 is 0 Å². The standard InChI is InChI=1S/C18H18N2O3/c21-12-13-3-6-15(10-13)20-18(22)14-4-7-16(8-5-14)23-17-2-1-9-19-11-17/h1-9,11,13,15,21H,10,12H2,(H,20,22)/t13-,15+/m0/s1. The van der Waals surface area contributed by atoms with Gasteiger partial charge in [-0.3, -0.25) is 9.78 Å². The number of ether oxygens (including phenoxy) is 1. The van der Waals surface area contributed by atoms with Crippen molar-refractivity contribution in [1.29, 1.82) is 0 Å². The summed E-state index contributed by atoms with van der Waals surface area (Å²) in [6, 6.07) is 10.5. The summed E-state index contributed by atoms with van der Waals surface area (Å²) < 4.78 is 5.64. The molecule has 1 aromatic carbocycles. The maximum Gasteiger partial charge on any atom is 0.251 e. The van der Waals surface area contributed by atoms with Crippen LogP contribution in [0.25, 0.3) is 0 Å². The fourth-order valence-corrected chi connectivity index (χ4v) is 2.49. The van der Waals surface area contributed by atoms with E-state index in [-0.39, 0.29) is 24.5 Å².